The Kier molecular flexibility index (Phi) is 6.76. The van der Waals surface area contributed by atoms with Crippen LogP contribution in [-0.2, 0) is 0 Å². The van der Waals surface area contributed by atoms with E-state index < -0.39 is 0 Å². The van der Waals surface area contributed by atoms with Crippen LogP contribution in [-0.4, -0.2) is 0 Å². The molecular weight excluding hydrogens is 663 g/mol. The number of thiophene rings is 1. The van der Waals surface area contributed by atoms with Crippen LogP contribution in [0.4, 0.5) is 17.1 Å². The van der Waals surface area contributed by atoms with Crippen molar-refractivity contribution in [2.75, 3.05) is 4.90 Å². The molecule has 0 N–H and O–H groups in total. The Morgan fingerprint density at radius 3 is 1.77 bits per heavy atom. The molecule has 0 saturated carbocycles. The van der Waals surface area contributed by atoms with Gasteiger partial charge in [0.2, 0.25) is 0 Å². The normalized spacial score (nSPS) is 11.8. The van der Waals surface area contributed by atoms with Gasteiger partial charge in [0.15, 0.2) is 0 Å². The molecule has 3 heteroatoms. The Hall–Kier alpha value is -6.68. The molecule has 9 aromatic carbocycles. The average molecular weight is 694 g/mol. The molecule has 0 unspecified atom stereocenters. The summed E-state index contributed by atoms with van der Waals surface area (Å²) in [5.74, 6) is 0. The summed E-state index contributed by atoms with van der Waals surface area (Å²) in [6.07, 6.45) is 0. The van der Waals surface area contributed by atoms with Crippen LogP contribution in [0.1, 0.15) is 0 Å². The van der Waals surface area contributed by atoms with Gasteiger partial charge in [-0.2, -0.15) is 0 Å². The molecule has 2 nitrogen and oxygen atoms in total. The quantitative estimate of drug-likeness (QED) is 0.167. The zero-order valence-electron chi connectivity index (χ0n) is 28.7. The van der Waals surface area contributed by atoms with Gasteiger partial charge in [0, 0.05) is 48.0 Å². The number of benzene rings is 9. The summed E-state index contributed by atoms with van der Waals surface area (Å²) in [5, 5.41) is 10.0. The predicted octanol–water partition coefficient (Wildman–Crippen LogP) is 15.1. The summed E-state index contributed by atoms with van der Waals surface area (Å²) in [7, 11) is 0. The van der Waals surface area contributed by atoms with E-state index in [4.69, 9.17) is 4.42 Å². The van der Waals surface area contributed by atoms with Crippen molar-refractivity contribution in [1.29, 1.82) is 0 Å². The van der Waals surface area contributed by atoms with Crippen molar-refractivity contribution in [3.8, 4) is 22.3 Å². The Bertz CT molecular complexity index is 3150. The molecule has 248 valence electrons. The molecule has 0 aliphatic carbocycles. The SMILES string of the molecule is c1ccc(N(c2ccc(-c3ccc4c(c3)sc3ccc5oc6ccccc6c5c34)cc2)c2ccc(-c3cc4ccccc4c4ccccc34)cc2)cc1. The van der Waals surface area contributed by atoms with Crippen molar-refractivity contribution < 1.29 is 4.42 Å². The summed E-state index contributed by atoms with van der Waals surface area (Å²) in [5.41, 5.74) is 10.1. The van der Waals surface area contributed by atoms with Crippen LogP contribution in [0.3, 0.4) is 0 Å². The maximum Gasteiger partial charge on any atom is 0.136 e. The van der Waals surface area contributed by atoms with E-state index in [1.165, 1.54) is 74.7 Å². The third kappa shape index (κ3) is 4.86. The van der Waals surface area contributed by atoms with Gasteiger partial charge in [-0.1, -0.05) is 121 Å². The van der Waals surface area contributed by atoms with E-state index in [-0.39, 0.29) is 0 Å². The third-order valence-electron chi connectivity index (χ3n) is 10.7. The maximum absolute atomic E-state index is 6.22. The van der Waals surface area contributed by atoms with Gasteiger partial charge in [-0.15, -0.1) is 11.3 Å². The summed E-state index contributed by atoms with van der Waals surface area (Å²) in [6, 6.07) is 67.9. The van der Waals surface area contributed by atoms with Crippen LogP contribution in [0.2, 0.25) is 0 Å². The lowest BCUT2D eigenvalue weighted by molar-refractivity contribution is 0.669. The second-order valence-corrected chi connectivity index (χ2v) is 14.8. The standard InChI is InChI=1S/C50H31NOS/c1-2-11-36(12-3-1)51(38-25-20-33(21-26-38)44-30-35-10-4-5-13-39(35)40-14-6-7-15-41(40)44)37-23-18-32(19-24-37)34-22-27-43-48(31-34)53-47-29-28-46-49(50(43)47)42-16-8-9-17-45(42)52-46/h1-31H. The van der Waals surface area contributed by atoms with Gasteiger partial charge in [0.25, 0.3) is 0 Å². The average Bonchev–Trinajstić information content (AvgIpc) is 3.79. The van der Waals surface area contributed by atoms with E-state index in [2.05, 4.69) is 187 Å². The van der Waals surface area contributed by atoms with Crippen molar-refractivity contribution in [2.45, 2.75) is 0 Å². The van der Waals surface area contributed by atoms with E-state index in [1.54, 1.807) is 0 Å². The number of furan rings is 1. The van der Waals surface area contributed by atoms with Gasteiger partial charge in [-0.05, 0) is 111 Å². The molecule has 0 aliphatic heterocycles. The molecule has 0 saturated heterocycles. The topological polar surface area (TPSA) is 16.4 Å². The summed E-state index contributed by atoms with van der Waals surface area (Å²) < 4.78 is 8.79. The number of para-hydroxylation sites is 2. The fourth-order valence-electron chi connectivity index (χ4n) is 8.17. The molecular formula is C50H31NOS. The molecule has 0 fully saturated rings. The van der Waals surface area contributed by atoms with Crippen LogP contribution in [0.25, 0.3) is 85.9 Å². The number of hydrogen-bond donors (Lipinski definition) is 0. The van der Waals surface area contributed by atoms with Gasteiger partial charge in [-0.3, -0.25) is 0 Å². The lowest BCUT2D eigenvalue weighted by atomic mass is 9.93. The number of fused-ring (bicyclic) bond motifs is 10. The van der Waals surface area contributed by atoms with Crippen LogP contribution >= 0.6 is 11.3 Å². The van der Waals surface area contributed by atoms with Crippen molar-refractivity contribution in [3.05, 3.63) is 188 Å². The van der Waals surface area contributed by atoms with E-state index >= 15 is 0 Å². The highest BCUT2D eigenvalue weighted by atomic mass is 32.1. The Balaban J connectivity index is 0.966. The maximum atomic E-state index is 6.22. The summed E-state index contributed by atoms with van der Waals surface area (Å²) in [4.78, 5) is 2.34. The number of rotatable bonds is 5. The van der Waals surface area contributed by atoms with Crippen LogP contribution in [0, 0.1) is 0 Å². The van der Waals surface area contributed by atoms with E-state index in [0.717, 1.165) is 28.2 Å². The highest BCUT2D eigenvalue weighted by Crippen LogP contribution is 2.44. The molecule has 2 aromatic heterocycles. The molecule has 0 spiro atoms. The zero-order valence-corrected chi connectivity index (χ0v) is 29.5. The molecule has 2 heterocycles. The molecule has 0 amide bonds. The Morgan fingerprint density at radius 1 is 0.358 bits per heavy atom. The monoisotopic (exact) mass is 693 g/mol. The first-order valence-electron chi connectivity index (χ1n) is 18.0. The van der Waals surface area contributed by atoms with Gasteiger partial charge in [0.05, 0.1) is 0 Å². The van der Waals surface area contributed by atoms with Crippen molar-refractivity contribution >= 4 is 92.1 Å². The van der Waals surface area contributed by atoms with Crippen molar-refractivity contribution in [2.24, 2.45) is 0 Å². The highest BCUT2D eigenvalue weighted by Gasteiger charge is 2.17. The Morgan fingerprint density at radius 2 is 0.981 bits per heavy atom. The molecule has 11 aromatic rings. The van der Waals surface area contributed by atoms with Gasteiger partial charge >= 0.3 is 0 Å². The smallest absolute Gasteiger partial charge is 0.136 e. The first-order chi connectivity index (χ1) is 26.3. The van der Waals surface area contributed by atoms with Crippen LogP contribution in [0.5, 0.6) is 0 Å². The summed E-state index contributed by atoms with van der Waals surface area (Å²) in [6.45, 7) is 0. The van der Waals surface area contributed by atoms with Crippen molar-refractivity contribution in [3.63, 3.8) is 0 Å². The van der Waals surface area contributed by atoms with Crippen LogP contribution < -0.4 is 4.90 Å². The molecule has 53 heavy (non-hydrogen) atoms. The van der Waals surface area contributed by atoms with E-state index in [1.807, 2.05) is 17.4 Å². The largest absolute Gasteiger partial charge is 0.456 e. The molecule has 0 bridgehead atoms. The van der Waals surface area contributed by atoms with Crippen LogP contribution in [0.15, 0.2) is 192 Å². The number of nitrogens with zero attached hydrogens (tertiary/aromatic N) is 1. The fraction of sp³-hybridized carbons (Fsp3) is 0. The third-order valence-corrected chi connectivity index (χ3v) is 11.8. The van der Waals surface area contributed by atoms with Crippen molar-refractivity contribution in [1.82, 2.24) is 0 Å². The minimum absolute atomic E-state index is 0.935. The fourth-order valence-corrected chi connectivity index (χ4v) is 9.32. The van der Waals surface area contributed by atoms with E-state index in [0.29, 0.717) is 0 Å². The number of anilines is 3. The predicted molar refractivity (Wildman–Crippen MR) is 227 cm³/mol. The molecule has 0 atom stereocenters. The number of hydrogen-bond acceptors (Lipinski definition) is 3. The molecule has 11 rings (SSSR count). The highest BCUT2D eigenvalue weighted by molar-refractivity contribution is 7.26. The summed E-state index contributed by atoms with van der Waals surface area (Å²) >= 11 is 1.85. The second-order valence-electron chi connectivity index (χ2n) is 13.7. The molecule has 0 radical (unpaired) electrons. The van der Waals surface area contributed by atoms with Gasteiger partial charge in [0.1, 0.15) is 11.2 Å². The first kappa shape index (κ1) is 30.0. The van der Waals surface area contributed by atoms with Gasteiger partial charge in [-0.25, -0.2) is 0 Å². The second kappa shape index (κ2) is 11.9. The molecule has 0 aliphatic rings. The minimum atomic E-state index is 0.935. The minimum Gasteiger partial charge on any atom is -0.456 e. The lowest BCUT2D eigenvalue weighted by Crippen LogP contribution is -2.09. The Labute approximate surface area is 310 Å². The van der Waals surface area contributed by atoms with Gasteiger partial charge < -0.3 is 9.32 Å². The first-order valence-corrected chi connectivity index (χ1v) is 18.8. The lowest BCUT2D eigenvalue weighted by Gasteiger charge is -2.26. The van der Waals surface area contributed by atoms with E-state index in [9.17, 15) is 0 Å². The zero-order chi connectivity index (χ0) is 34.9.